The number of likely N-dealkylation sites (N-methyl/N-ethyl adjacent to an activating group) is 2. The van der Waals surface area contributed by atoms with E-state index in [-0.39, 0.29) is 42.0 Å². The van der Waals surface area contributed by atoms with Gasteiger partial charge in [-0.05, 0) is 49.2 Å². The van der Waals surface area contributed by atoms with Gasteiger partial charge in [-0.2, -0.15) is 0 Å². The van der Waals surface area contributed by atoms with Gasteiger partial charge in [-0.1, -0.05) is 24.3 Å². The first kappa shape index (κ1) is 20.4. The Labute approximate surface area is 185 Å². The van der Waals surface area contributed by atoms with Crippen LogP contribution >= 0.6 is 0 Å². The van der Waals surface area contributed by atoms with E-state index in [0.717, 1.165) is 17.0 Å². The Morgan fingerprint density at radius 1 is 1.03 bits per heavy atom. The highest BCUT2D eigenvalue weighted by Gasteiger charge is 2.45. The molecule has 0 spiro atoms. The van der Waals surface area contributed by atoms with Crippen LogP contribution in [0.25, 0.3) is 0 Å². The predicted octanol–water partition coefficient (Wildman–Crippen LogP) is 1.41. The third-order valence-corrected chi connectivity index (χ3v) is 6.81. The van der Waals surface area contributed by atoms with Crippen molar-refractivity contribution >= 4 is 29.3 Å². The van der Waals surface area contributed by atoms with Crippen LogP contribution in [0.5, 0.6) is 0 Å². The Hall–Kier alpha value is -3.52. The molecule has 2 aromatic rings. The lowest BCUT2D eigenvalue weighted by Crippen LogP contribution is -2.54. The molecular weight excluding hydrogens is 408 g/mol. The van der Waals surface area contributed by atoms with E-state index in [4.69, 9.17) is 0 Å². The van der Waals surface area contributed by atoms with Crippen molar-refractivity contribution in [3.63, 3.8) is 0 Å². The van der Waals surface area contributed by atoms with Crippen molar-refractivity contribution in [3.05, 3.63) is 64.7 Å². The highest BCUT2D eigenvalue weighted by Crippen LogP contribution is 2.39. The molecule has 0 bridgehead atoms. The Morgan fingerprint density at radius 2 is 1.78 bits per heavy atom. The molecule has 1 saturated heterocycles. The zero-order valence-corrected chi connectivity index (χ0v) is 17.9. The minimum Gasteiger partial charge on any atom is -0.366 e. The number of fused-ring (bicyclic) bond motifs is 2. The van der Waals surface area contributed by atoms with Crippen LogP contribution in [0, 0.1) is 0 Å². The lowest BCUT2D eigenvalue weighted by Gasteiger charge is -2.32. The van der Waals surface area contributed by atoms with Gasteiger partial charge in [0.2, 0.25) is 11.8 Å². The number of nitrogens with one attached hydrogen (secondary N) is 2. The Balaban J connectivity index is 1.46. The number of anilines is 1. The van der Waals surface area contributed by atoms with Crippen LogP contribution in [0.3, 0.4) is 0 Å². The molecule has 2 heterocycles. The highest BCUT2D eigenvalue weighted by atomic mass is 16.2. The number of carbonyl (C=O) groups is 4. The molecule has 0 radical (unpaired) electrons. The van der Waals surface area contributed by atoms with E-state index in [1.807, 2.05) is 32.3 Å². The fourth-order valence-electron chi connectivity index (χ4n) is 5.15. The molecule has 0 aromatic heterocycles. The van der Waals surface area contributed by atoms with Crippen LogP contribution in [-0.4, -0.2) is 54.7 Å². The van der Waals surface area contributed by atoms with E-state index < -0.39 is 23.8 Å². The quantitative estimate of drug-likeness (QED) is 0.709. The van der Waals surface area contributed by atoms with E-state index in [9.17, 15) is 19.2 Å². The zero-order valence-electron chi connectivity index (χ0n) is 17.9. The molecule has 1 aliphatic carbocycles. The molecule has 2 N–H and O–H groups in total. The monoisotopic (exact) mass is 432 g/mol. The maximum Gasteiger partial charge on any atom is 0.262 e. The summed E-state index contributed by atoms with van der Waals surface area (Å²) in [5, 5.41) is 5.62. The first-order valence-electron chi connectivity index (χ1n) is 10.7. The minimum atomic E-state index is -0.961. The molecule has 0 saturated carbocycles. The van der Waals surface area contributed by atoms with E-state index in [2.05, 4.69) is 27.7 Å². The number of benzene rings is 2. The minimum absolute atomic E-state index is 0.0766. The molecule has 4 amide bonds. The second-order valence-corrected chi connectivity index (χ2v) is 8.53. The van der Waals surface area contributed by atoms with E-state index in [1.165, 1.54) is 11.1 Å². The molecule has 2 aromatic carbocycles. The molecule has 3 atom stereocenters. The van der Waals surface area contributed by atoms with Gasteiger partial charge >= 0.3 is 0 Å². The first-order valence-corrected chi connectivity index (χ1v) is 10.7. The molecule has 1 fully saturated rings. The molecule has 1 unspecified atom stereocenters. The number of carbonyl (C=O) groups excluding carboxylic acids is 4. The summed E-state index contributed by atoms with van der Waals surface area (Å²) in [5.41, 5.74) is 3.92. The molecule has 8 nitrogen and oxygen atoms in total. The third-order valence-electron chi connectivity index (χ3n) is 6.81. The molecular formula is C24H24N4O4. The van der Waals surface area contributed by atoms with Crippen molar-refractivity contribution in [2.45, 2.75) is 37.4 Å². The molecule has 3 aliphatic rings. The predicted molar refractivity (Wildman–Crippen MR) is 117 cm³/mol. The van der Waals surface area contributed by atoms with Crippen LogP contribution in [0.15, 0.2) is 42.5 Å². The van der Waals surface area contributed by atoms with Crippen molar-refractivity contribution in [1.29, 1.82) is 0 Å². The van der Waals surface area contributed by atoms with Gasteiger partial charge in [0.1, 0.15) is 6.04 Å². The number of amides is 4. The first-order chi connectivity index (χ1) is 15.4. The van der Waals surface area contributed by atoms with Gasteiger partial charge in [-0.25, -0.2) is 0 Å². The second-order valence-electron chi connectivity index (χ2n) is 8.53. The molecule has 8 heteroatoms. The molecule has 2 aliphatic heterocycles. The van der Waals surface area contributed by atoms with Gasteiger partial charge in [0.05, 0.1) is 17.2 Å². The second kappa shape index (κ2) is 7.56. The zero-order chi connectivity index (χ0) is 22.6. The molecule has 5 rings (SSSR count). The van der Waals surface area contributed by atoms with Crippen molar-refractivity contribution in [2.24, 2.45) is 0 Å². The van der Waals surface area contributed by atoms with Crippen LogP contribution in [0.2, 0.25) is 0 Å². The van der Waals surface area contributed by atoms with Crippen molar-refractivity contribution in [3.8, 4) is 0 Å². The van der Waals surface area contributed by atoms with Gasteiger partial charge in [-0.3, -0.25) is 29.4 Å². The van der Waals surface area contributed by atoms with Crippen LogP contribution in [0.1, 0.15) is 50.7 Å². The van der Waals surface area contributed by atoms with E-state index >= 15 is 0 Å². The summed E-state index contributed by atoms with van der Waals surface area (Å²) in [4.78, 5) is 53.0. The summed E-state index contributed by atoms with van der Waals surface area (Å²) in [6, 6.07) is 12.9. The Morgan fingerprint density at radius 3 is 2.53 bits per heavy atom. The summed E-state index contributed by atoms with van der Waals surface area (Å²) in [6.45, 7) is 0. The van der Waals surface area contributed by atoms with Gasteiger partial charge < -0.3 is 10.2 Å². The maximum atomic E-state index is 13.2. The van der Waals surface area contributed by atoms with Gasteiger partial charge in [0.15, 0.2) is 0 Å². The molecule has 164 valence electrons. The number of hydrogen-bond donors (Lipinski definition) is 2. The van der Waals surface area contributed by atoms with E-state index in [1.54, 1.807) is 12.1 Å². The summed E-state index contributed by atoms with van der Waals surface area (Å²) in [7, 11) is 3.93. The standard InChI is InChI=1S/C24H24N4O4/c1-25-18-11-13-5-3-4-6-15(13)21(18)27(2)14-7-8-16-17(12-14)24(32)28(23(16)31)19-9-10-20(29)26-22(19)30/h3-8,12,18-19,21,25H,9-11H2,1-2H3,(H,26,29,30)/t18-,19?,21-/m1/s1. The van der Waals surface area contributed by atoms with Crippen molar-refractivity contribution < 1.29 is 19.2 Å². The lowest BCUT2D eigenvalue weighted by atomic mass is 10.0. The van der Waals surface area contributed by atoms with Crippen LogP contribution in [0.4, 0.5) is 5.69 Å². The van der Waals surface area contributed by atoms with Crippen molar-refractivity contribution in [2.75, 3.05) is 19.0 Å². The average Bonchev–Trinajstić information content (AvgIpc) is 3.28. The van der Waals surface area contributed by atoms with Gasteiger partial charge in [-0.15, -0.1) is 0 Å². The van der Waals surface area contributed by atoms with Gasteiger partial charge in [0.25, 0.3) is 11.8 Å². The summed E-state index contributed by atoms with van der Waals surface area (Å²) in [6.07, 6.45) is 1.16. The van der Waals surface area contributed by atoms with Crippen LogP contribution < -0.4 is 15.5 Å². The fraction of sp³-hybridized carbons (Fsp3) is 0.333. The SMILES string of the molecule is CN[C@@H]1Cc2ccccc2[C@H]1N(C)c1ccc2c(c1)C(=O)N(C1CCC(=O)NC1=O)C2=O. The van der Waals surface area contributed by atoms with Gasteiger partial charge in [0, 0.05) is 25.2 Å². The van der Waals surface area contributed by atoms with Crippen LogP contribution in [-0.2, 0) is 16.0 Å². The topological polar surface area (TPSA) is 98.8 Å². The third kappa shape index (κ3) is 3.02. The normalized spacial score (nSPS) is 24.4. The smallest absolute Gasteiger partial charge is 0.262 e. The summed E-state index contributed by atoms with van der Waals surface area (Å²) in [5.74, 6) is -1.98. The average molecular weight is 432 g/mol. The van der Waals surface area contributed by atoms with Crippen molar-refractivity contribution in [1.82, 2.24) is 15.5 Å². The Bertz CT molecular complexity index is 1160. The number of imide groups is 2. The number of hydrogen-bond acceptors (Lipinski definition) is 6. The number of nitrogens with zero attached hydrogens (tertiary/aromatic N) is 2. The summed E-state index contributed by atoms with van der Waals surface area (Å²) < 4.78 is 0. The number of piperidine rings is 1. The fourth-order valence-corrected chi connectivity index (χ4v) is 5.15. The lowest BCUT2D eigenvalue weighted by molar-refractivity contribution is -0.136. The largest absolute Gasteiger partial charge is 0.366 e. The van der Waals surface area contributed by atoms with E-state index in [0.29, 0.717) is 0 Å². The number of rotatable bonds is 4. The highest BCUT2D eigenvalue weighted by molar-refractivity contribution is 6.23. The summed E-state index contributed by atoms with van der Waals surface area (Å²) >= 11 is 0. The maximum absolute atomic E-state index is 13.2. The molecule has 32 heavy (non-hydrogen) atoms. The Kier molecular flexibility index (Phi) is 4.82.